The molecule has 2 N–H and O–H groups in total. The lowest BCUT2D eigenvalue weighted by Crippen LogP contribution is -2.22. The van der Waals surface area contributed by atoms with Crippen LogP contribution in [0.1, 0.15) is 24.4 Å². The highest BCUT2D eigenvalue weighted by Crippen LogP contribution is 2.27. The molecule has 0 amide bonds. The number of anilines is 1. The summed E-state index contributed by atoms with van der Waals surface area (Å²) in [5, 5.41) is 0. The molecule has 1 aromatic heterocycles. The van der Waals surface area contributed by atoms with Crippen molar-refractivity contribution in [2.75, 3.05) is 11.9 Å². The van der Waals surface area contributed by atoms with E-state index in [0.717, 1.165) is 11.5 Å². The molecule has 0 aliphatic heterocycles. The number of aromatic nitrogens is 2. The van der Waals surface area contributed by atoms with Crippen molar-refractivity contribution in [1.29, 1.82) is 0 Å². The summed E-state index contributed by atoms with van der Waals surface area (Å²) in [6, 6.07) is 4.67. The number of hydrogen-bond acceptors (Lipinski definition) is 3. The van der Waals surface area contributed by atoms with Crippen molar-refractivity contribution >= 4 is 5.69 Å². The summed E-state index contributed by atoms with van der Waals surface area (Å²) in [5.74, 6) is 0.654. The first-order chi connectivity index (χ1) is 9.00. The van der Waals surface area contributed by atoms with Gasteiger partial charge in [-0.25, -0.2) is 9.37 Å². The Morgan fingerprint density at radius 1 is 1.47 bits per heavy atom. The SMILES string of the molecule is CC(N)c1c(F)cccc1N(C)Cc1nccn1C. The number of nitrogens with zero attached hydrogens (tertiary/aromatic N) is 3. The van der Waals surface area contributed by atoms with Gasteiger partial charge in [-0.3, -0.25) is 0 Å². The standard InChI is InChI=1S/C14H19FN4/c1-10(16)14-11(15)5-4-6-12(14)19(3)9-13-17-7-8-18(13)2/h4-8,10H,9,16H2,1-3H3. The second kappa shape index (κ2) is 5.40. The molecule has 0 aliphatic rings. The van der Waals surface area contributed by atoms with Crippen molar-refractivity contribution in [2.45, 2.75) is 19.5 Å². The van der Waals surface area contributed by atoms with E-state index in [2.05, 4.69) is 4.98 Å². The molecule has 102 valence electrons. The van der Waals surface area contributed by atoms with Crippen LogP contribution in [0.3, 0.4) is 0 Å². The molecule has 1 unspecified atom stereocenters. The molecule has 0 bridgehead atoms. The molecule has 5 heteroatoms. The fourth-order valence-electron chi connectivity index (χ4n) is 2.16. The normalized spacial score (nSPS) is 12.5. The summed E-state index contributed by atoms with van der Waals surface area (Å²) >= 11 is 0. The topological polar surface area (TPSA) is 47.1 Å². The van der Waals surface area contributed by atoms with Crippen molar-refractivity contribution in [1.82, 2.24) is 9.55 Å². The molecule has 2 aromatic rings. The molecule has 0 spiro atoms. The van der Waals surface area contributed by atoms with Crippen LogP contribution in [-0.4, -0.2) is 16.6 Å². The van der Waals surface area contributed by atoms with Crippen molar-refractivity contribution < 1.29 is 4.39 Å². The number of hydrogen-bond donors (Lipinski definition) is 1. The molecule has 1 heterocycles. The Kier molecular flexibility index (Phi) is 3.85. The zero-order valence-corrected chi connectivity index (χ0v) is 11.5. The molecule has 0 fully saturated rings. The monoisotopic (exact) mass is 262 g/mol. The summed E-state index contributed by atoms with van der Waals surface area (Å²) in [5.41, 5.74) is 7.21. The van der Waals surface area contributed by atoms with Crippen LogP contribution in [-0.2, 0) is 13.6 Å². The first-order valence-corrected chi connectivity index (χ1v) is 6.22. The third-order valence-corrected chi connectivity index (χ3v) is 3.20. The Bertz CT molecular complexity index is 562. The van der Waals surface area contributed by atoms with E-state index >= 15 is 0 Å². The van der Waals surface area contributed by atoms with E-state index in [1.54, 1.807) is 19.2 Å². The van der Waals surface area contributed by atoms with Gasteiger partial charge in [0.15, 0.2) is 0 Å². The number of imidazole rings is 1. The van der Waals surface area contributed by atoms with Crippen LogP contribution in [0.4, 0.5) is 10.1 Å². The van der Waals surface area contributed by atoms with E-state index in [9.17, 15) is 4.39 Å². The third-order valence-electron chi connectivity index (χ3n) is 3.20. The second-order valence-electron chi connectivity index (χ2n) is 4.77. The van der Waals surface area contributed by atoms with E-state index in [0.29, 0.717) is 12.1 Å². The maximum atomic E-state index is 13.9. The highest BCUT2D eigenvalue weighted by molar-refractivity contribution is 5.55. The summed E-state index contributed by atoms with van der Waals surface area (Å²) in [6.45, 7) is 2.39. The highest BCUT2D eigenvalue weighted by Gasteiger charge is 2.16. The maximum Gasteiger partial charge on any atom is 0.130 e. The largest absolute Gasteiger partial charge is 0.367 e. The van der Waals surface area contributed by atoms with Crippen LogP contribution in [0.5, 0.6) is 0 Å². The Morgan fingerprint density at radius 3 is 2.79 bits per heavy atom. The van der Waals surface area contributed by atoms with Gasteiger partial charge in [0.25, 0.3) is 0 Å². The number of aryl methyl sites for hydroxylation is 1. The van der Waals surface area contributed by atoms with Gasteiger partial charge < -0.3 is 15.2 Å². The second-order valence-corrected chi connectivity index (χ2v) is 4.77. The molecular weight excluding hydrogens is 243 g/mol. The van der Waals surface area contributed by atoms with Crippen LogP contribution in [0, 0.1) is 5.82 Å². The minimum atomic E-state index is -0.347. The average molecular weight is 262 g/mol. The Labute approximate surface area is 112 Å². The molecule has 4 nitrogen and oxygen atoms in total. The van der Waals surface area contributed by atoms with E-state index in [4.69, 9.17) is 5.73 Å². The van der Waals surface area contributed by atoms with Gasteiger partial charge in [-0.2, -0.15) is 0 Å². The molecule has 1 aromatic carbocycles. The van der Waals surface area contributed by atoms with Crippen molar-refractivity contribution in [3.8, 4) is 0 Å². The summed E-state index contributed by atoms with van der Waals surface area (Å²) in [4.78, 5) is 6.24. The molecule has 0 saturated heterocycles. The van der Waals surface area contributed by atoms with Crippen LogP contribution in [0.15, 0.2) is 30.6 Å². The maximum absolute atomic E-state index is 13.9. The van der Waals surface area contributed by atoms with Crippen molar-refractivity contribution in [3.05, 3.63) is 47.8 Å². The zero-order chi connectivity index (χ0) is 14.0. The van der Waals surface area contributed by atoms with E-state index < -0.39 is 0 Å². The average Bonchev–Trinajstić information content (AvgIpc) is 2.74. The molecular formula is C14H19FN4. The smallest absolute Gasteiger partial charge is 0.130 e. The van der Waals surface area contributed by atoms with Crippen LogP contribution >= 0.6 is 0 Å². The van der Waals surface area contributed by atoms with Gasteiger partial charge in [-0.1, -0.05) is 6.07 Å². The summed E-state index contributed by atoms with van der Waals surface area (Å²) in [6.07, 6.45) is 3.64. The lowest BCUT2D eigenvalue weighted by Gasteiger charge is -2.24. The van der Waals surface area contributed by atoms with E-state index in [1.807, 2.05) is 35.8 Å². The van der Waals surface area contributed by atoms with Gasteiger partial charge in [0.2, 0.25) is 0 Å². The predicted molar refractivity (Wildman–Crippen MR) is 74.3 cm³/mol. The molecule has 0 aliphatic carbocycles. The first kappa shape index (κ1) is 13.5. The number of benzene rings is 1. The Morgan fingerprint density at radius 2 is 2.21 bits per heavy atom. The fraction of sp³-hybridized carbons (Fsp3) is 0.357. The van der Waals surface area contributed by atoms with E-state index in [-0.39, 0.29) is 11.9 Å². The Balaban J connectivity index is 2.31. The lowest BCUT2D eigenvalue weighted by molar-refractivity contribution is 0.592. The Hall–Kier alpha value is -1.88. The molecule has 2 rings (SSSR count). The quantitative estimate of drug-likeness (QED) is 0.919. The van der Waals surface area contributed by atoms with E-state index in [1.165, 1.54) is 6.07 Å². The van der Waals surface area contributed by atoms with Gasteiger partial charge in [0, 0.05) is 43.8 Å². The molecule has 0 radical (unpaired) electrons. The van der Waals surface area contributed by atoms with Crippen LogP contribution in [0.2, 0.25) is 0 Å². The molecule has 19 heavy (non-hydrogen) atoms. The van der Waals surface area contributed by atoms with Crippen molar-refractivity contribution in [2.24, 2.45) is 12.8 Å². The predicted octanol–water partition coefficient (Wildman–Crippen LogP) is 2.22. The minimum absolute atomic E-state index is 0.265. The summed E-state index contributed by atoms with van der Waals surface area (Å²) < 4.78 is 15.8. The first-order valence-electron chi connectivity index (χ1n) is 6.22. The fourth-order valence-corrected chi connectivity index (χ4v) is 2.16. The number of nitrogens with two attached hydrogens (primary N) is 1. The molecule has 1 atom stereocenters. The summed E-state index contributed by atoms with van der Waals surface area (Å²) in [7, 11) is 3.85. The van der Waals surface area contributed by atoms with Gasteiger partial charge >= 0.3 is 0 Å². The number of halogens is 1. The lowest BCUT2D eigenvalue weighted by atomic mass is 10.1. The van der Waals surface area contributed by atoms with Gasteiger partial charge in [-0.15, -0.1) is 0 Å². The van der Waals surface area contributed by atoms with Gasteiger partial charge in [0.05, 0.1) is 6.54 Å². The number of rotatable bonds is 4. The molecule has 0 saturated carbocycles. The van der Waals surface area contributed by atoms with Crippen LogP contribution in [0.25, 0.3) is 0 Å². The van der Waals surface area contributed by atoms with Crippen LogP contribution < -0.4 is 10.6 Å². The van der Waals surface area contributed by atoms with Gasteiger partial charge in [0.1, 0.15) is 11.6 Å². The zero-order valence-electron chi connectivity index (χ0n) is 11.5. The van der Waals surface area contributed by atoms with Crippen molar-refractivity contribution in [3.63, 3.8) is 0 Å². The van der Waals surface area contributed by atoms with Gasteiger partial charge in [-0.05, 0) is 19.1 Å². The third kappa shape index (κ3) is 2.76. The minimum Gasteiger partial charge on any atom is -0.367 e. The highest BCUT2D eigenvalue weighted by atomic mass is 19.1.